The third-order valence-electron chi connectivity index (χ3n) is 7.37. The molecule has 13 heteroatoms. The Hall–Kier alpha value is -4.78. The van der Waals surface area contributed by atoms with Crippen LogP contribution in [0.1, 0.15) is 50.4 Å². The largest absolute Gasteiger partial charge is 0.573 e. The minimum absolute atomic E-state index is 0.0776. The van der Waals surface area contributed by atoms with Crippen molar-refractivity contribution in [2.24, 2.45) is 10.4 Å². The van der Waals surface area contributed by atoms with Crippen molar-refractivity contribution in [3.8, 4) is 28.5 Å². The van der Waals surface area contributed by atoms with Gasteiger partial charge in [0.15, 0.2) is 10.6 Å². The monoisotopic (exact) mass is 666 g/mol. The second kappa shape index (κ2) is 13.5. The lowest BCUT2D eigenvalue weighted by Crippen LogP contribution is -2.35. The minimum Gasteiger partial charge on any atom is -0.406 e. The Labute approximate surface area is 273 Å². The fraction of sp³-hybridized carbons (Fsp3) is 0.294. The number of thiazole rings is 1. The number of halogens is 4. The molecule has 246 valence electrons. The number of hydrogen-bond donors (Lipinski definition) is 1. The van der Waals surface area contributed by atoms with Gasteiger partial charge in [0.25, 0.3) is 0 Å². The van der Waals surface area contributed by atoms with Crippen LogP contribution < -0.4 is 14.9 Å². The zero-order valence-corrected chi connectivity index (χ0v) is 27.3. The maximum atomic E-state index is 14.0. The van der Waals surface area contributed by atoms with E-state index in [9.17, 15) is 22.4 Å². The second-order valence-electron chi connectivity index (χ2n) is 12.2. The second-order valence-corrected chi connectivity index (χ2v) is 13.1. The highest BCUT2D eigenvalue weighted by molar-refractivity contribution is 7.07. The quantitative estimate of drug-likeness (QED) is 0.161. The van der Waals surface area contributed by atoms with Crippen molar-refractivity contribution in [3.05, 3.63) is 106 Å². The zero-order chi connectivity index (χ0) is 33.9. The summed E-state index contributed by atoms with van der Waals surface area (Å²) in [6.45, 7) is 10.4. The number of aromatic nitrogens is 4. The summed E-state index contributed by atoms with van der Waals surface area (Å²) in [5, 5.41) is 9.31. The Bertz CT molecular complexity index is 1920. The molecule has 0 saturated heterocycles. The molecule has 47 heavy (non-hydrogen) atoms. The van der Waals surface area contributed by atoms with E-state index in [0.717, 1.165) is 28.1 Å². The average Bonchev–Trinajstić information content (AvgIpc) is 3.63. The van der Waals surface area contributed by atoms with Crippen LogP contribution in [0.2, 0.25) is 0 Å². The Morgan fingerprint density at radius 3 is 2.40 bits per heavy atom. The van der Waals surface area contributed by atoms with Gasteiger partial charge in [0.2, 0.25) is 0 Å². The lowest BCUT2D eigenvalue weighted by Gasteiger charge is -2.24. The van der Waals surface area contributed by atoms with Gasteiger partial charge in [-0.1, -0.05) is 52.0 Å². The minimum atomic E-state index is -4.76. The number of alkyl halides is 3. The molecule has 0 unspecified atom stereocenters. The van der Waals surface area contributed by atoms with Gasteiger partial charge in [-0.15, -0.1) is 29.6 Å². The molecule has 1 N–H and O–H groups in total. The van der Waals surface area contributed by atoms with E-state index in [1.165, 1.54) is 58.7 Å². The molecule has 3 aromatic carbocycles. The van der Waals surface area contributed by atoms with Crippen LogP contribution in [0, 0.1) is 18.2 Å². The van der Waals surface area contributed by atoms with Crippen LogP contribution in [0.15, 0.2) is 83.4 Å². The SMILES string of the molecule is Cc1cs/c(=N\C(=O)NCC(C)(C)Cc2ccc(-c3ncn(-c4ccc(OC(F)(F)F)cc4)n3)cc2)n1-c1ccc(F)cc1C(C)C. The number of ether oxygens (including phenoxy) is 1. The van der Waals surface area contributed by atoms with Gasteiger partial charge in [-0.3, -0.25) is 4.57 Å². The number of amides is 2. The number of rotatable bonds is 9. The molecule has 0 aliphatic rings. The predicted molar refractivity (Wildman–Crippen MR) is 172 cm³/mol. The smallest absolute Gasteiger partial charge is 0.406 e. The lowest BCUT2D eigenvalue weighted by molar-refractivity contribution is -0.274. The number of aryl methyl sites for hydroxylation is 1. The molecule has 0 aliphatic carbocycles. The maximum absolute atomic E-state index is 14.0. The molecule has 0 saturated carbocycles. The molecule has 2 aromatic heterocycles. The fourth-order valence-electron chi connectivity index (χ4n) is 5.10. The number of benzene rings is 3. The van der Waals surface area contributed by atoms with Crippen molar-refractivity contribution < 1.29 is 27.1 Å². The van der Waals surface area contributed by atoms with E-state index in [4.69, 9.17) is 0 Å². The molecule has 0 radical (unpaired) electrons. The molecule has 0 aliphatic heterocycles. The lowest BCUT2D eigenvalue weighted by atomic mass is 9.85. The van der Waals surface area contributed by atoms with Gasteiger partial charge in [-0.2, -0.15) is 4.99 Å². The van der Waals surface area contributed by atoms with Crippen molar-refractivity contribution in [1.82, 2.24) is 24.6 Å². The summed E-state index contributed by atoms with van der Waals surface area (Å²) in [6, 6.07) is 17.3. The molecule has 2 amide bonds. The number of urea groups is 1. The van der Waals surface area contributed by atoms with Crippen molar-refractivity contribution >= 4 is 17.4 Å². The van der Waals surface area contributed by atoms with Crippen LogP contribution in [-0.4, -0.2) is 38.3 Å². The summed E-state index contributed by atoms with van der Waals surface area (Å²) in [4.78, 5) is 22.1. The van der Waals surface area contributed by atoms with Crippen molar-refractivity contribution in [1.29, 1.82) is 0 Å². The van der Waals surface area contributed by atoms with Crippen molar-refractivity contribution in [2.45, 2.75) is 53.3 Å². The topological polar surface area (TPSA) is 86.3 Å². The van der Waals surface area contributed by atoms with Crippen molar-refractivity contribution in [3.63, 3.8) is 0 Å². The summed E-state index contributed by atoms with van der Waals surface area (Å²) in [5.74, 6) is -0.0877. The van der Waals surface area contributed by atoms with Crippen LogP contribution in [0.25, 0.3) is 22.8 Å². The standard InChI is InChI=1S/C34H34F4N6O2S/c1-21(2)28-16-25(35)10-15-29(28)44-22(3)18-47-32(44)41-31(45)39-19-33(4,5)17-23-6-8-24(9-7-23)30-40-20-43(42-30)26-11-13-27(14-12-26)46-34(36,37)38/h6-16,18,20-21H,17,19H2,1-5H3,(H,39,45)/b41-32-. The van der Waals surface area contributed by atoms with E-state index < -0.39 is 12.4 Å². The highest BCUT2D eigenvalue weighted by Crippen LogP contribution is 2.27. The molecule has 0 bridgehead atoms. The van der Waals surface area contributed by atoms with E-state index in [-0.39, 0.29) is 22.9 Å². The first kappa shape index (κ1) is 33.6. The molecule has 0 atom stereocenters. The summed E-state index contributed by atoms with van der Waals surface area (Å²) < 4.78 is 58.6. The van der Waals surface area contributed by atoms with Crippen LogP contribution in [0.5, 0.6) is 5.75 Å². The Morgan fingerprint density at radius 2 is 1.74 bits per heavy atom. The molecule has 2 heterocycles. The third-order valence-corrected chi connectivity index (χ3v) is 8.31. The molecule has 0 spiro atoms. The van der Waals surface area contributed by atoms with E-state index in [0.29, 0.717) is 29.3 Å². The van der Waals surface area contributed by atoms with Gasteiger partial charge in [-0.25, -0.2) is 18.9 Å². The summed E-state index contributed by atoms with van der Waals surface area (Å²) in [7, 11) is 0. The Balaban J connectivity index is 1.22. The normalized spacial score (nSPS) is 12.5. The summed E-state index contributed by atoms with van der Waals surface area (Å²) in [6.07, 6.45) is -2.60. The van der Waals surface area contributed by atoms with Gasteiger partial charge in [0.05, 0.1) is 11.4 Å². The Kier molecular flexibility index (Phi) is 9.66. The fourth-order valence-corrected chi connectivity index (χ4v) is 5.97. The van der Waals surface area contributed by atoms with Crippen LogP contribution in [0.4, 0.5) is 22.4 Å². The van der Waals surface area contributed by atoms with Gasteiger partial charge in [0.1, 0.15) is 17.9 Å². The van der Waals surface area contributed by atoms with Crippen molar-refractivity contribution in [2.75, 3.05) is 6.54 Å². The highest BCUT2D eigenvalue weighted by atomic mass is 32.1. The Morgan fingerprint density at radius 1 is 1.04 bits per heavy atom. The molecule has 5 aromatic rings. The number of hydrogen-bond acceptors (Lipinski definition) is 5. The first-order valence-electron chi connectivity index (χ1n) is 14.8. The van der Waals surface area contributed by atoms with E-state index in [1.54, 1.807) is 6.07 Å². The third kappa shape index (κ3) is 8.53. The summed E-state index contributed by atoms with van der Waals surface area (Å²) >= 11 is 1.35. The number of nitrogens with zero attached hydrogens (tertiary/aromatic N) is 5. The highest BCUT2D eigenvalue weighted by Gasteiger charge is 2.31. The molecule has 8 nitrogen and oxygen atoms in total. The first-order valence-corrected chi connectivity index (χ1v) is 15.7. The summed E-state index contributed by atoms with van der Waals surface area (Å²) in [5.41, 5.74) is 4.59. The van der Waals surface area contributed by atoms with Crippen LogP contribution >= 0.6 is 11.3 Å². The first-order chi connectivity index (χ1) is 22.2. The molecular formula is C34H34F4N6O2S. The molecule has 0 fully saturated rings. The number of nitrogens with one attached hydrogen (secondary N) is 1. The van der Waals surface area contributed by atoms with Crippen LogP contribution in [-0.2, 0) is 6.42 Å². The van der Waals surface area contributed by atoms with E-state index in [2.05, 4.69) is 39.0 Å². The van der Waals surface area contributed by atoms with Gasteiger partial charge < -0.3 is 10.1 Å². The zero-order valence-electron chi connectivity index (χ0n) is 26.5. The van der Waals surface area contributed by atoms with Gasteiger partial charge in [-0.05, 0) is 78.3 Å². The number of carbonyl (C=O) groups is 1. The van der Waals surface area contributed by atoms with Crippen LogP contribution in [0.3, 0.4) is 0 Å². The van der Waals surface area contributed by atoms with E-state index >= 15 is 0 Å². The maximum Gasteiger partial charge on any atom is 0.573 e. The van der Waals surface area contributed by atoms with E-state index in [1.807, 2.05) is 55.0 Å². The molecule has 5 rings (SSSR count). The van der Waals surface area contributed by atoms with Gasteiger partial charge >= 0.3 is 12.4 Å². The number of carbonyl (C=O) groups excluding carboxylic acids is 1. The molecular weight excluding hydrogens is 632 g/mol. The average molecular weight is 667 g/mol. The predicted octanol–water partition coefficient (Wildman–Crippen LogP) is 8.14. The van der Waals surface area contributed by atoms with Gasteiger partial charge in [0, 0.05) is 23.2 Å².